The first-order chi connectivity index (χ1) is 12.3. The molecule has 0 aliphatic rings. The molecule has 2 rings (SSSR count). The van der Waals surface area contributed by atoms with Crippen LogP contribution in [0, 0.1) is 0 Å². The van der Waals surface area contributed by atoms with E-state index in [0.717, 1.165) is 0 Å². The van der Waals surface area contributed by atoms with Gasteiger partial charge in [0.2, 0.25) is 0 Å². The number of nitrogens with one attached hydrogen (secondary N) is 1. The predicted molar refractivity (Wildman–Crippen MR) is 93.6 cm³/mol. The van der Waals surface area contributed by atoms with Gasteiger partial charge in [-0.05, 0) is 24.3 Å². The van der Waals surface area contributed by atoms with E-state index >= 15 is 0 Å². The summed E-state index contributed by atoms with van der Waals surface area (Å²) < 4.78 is 10.7. The number of carboxylic acid groups (broad SMARTS) is 1. The maximum absolute atomic E-state index is 12.2. The lowest BCUT2D eigenvalue weighted by Gasteiger charge is -2.11. The van der Waals surface area contributed by atoms with Crippen molar-refractivity contribution in [3.8, 4) is 5.75 Å². The first-order valence-electron chi connectivity index (χ1n) is 7.92. The molecule has 0 bridgehead atoms. The van der Waals surface area contributed by atoms with Gasteiger partial charge in [0.1, 0.15) is 17.1 Å². The van der Waals surface area contributed by atoms with Crippen molar-refractivity contribution < 1.29 is 28.6 Å². The number of anilines is 1. The van der Waals surface area contributed by atoms with E-state index in [1.54, 1.807) is 45.3 Å². The van der Waals surface area contributed by atoms with E-state index in [0.29, 0.717) is 17.9 Å². The molecule has 0 atom stereocenters. The van der Waals surface area contributed by atoms with E-state index in [9.17, 15) is 14.4 Å². The van der Waals surface area contributed by atoms with Gasteiger partial charge >= 0.3 is 5.97 Å². The molecule has 0 aliphatic carbocycles. The Morgan fingerprint density at radius 2 is 1.85 bits per heavy atom. The number of nitrogens with zero attached hydrogens (tertiary/aromatic N) is 1. The molecule has 138 valence electrons. The Hall–Kier alpha value is -3.29. The van der Waals surface area contributed by atoms with Gasteiger partial charge in [-0.2, -0.15) is 0 Å². The summed E-state index contributed by atoms with van der Waals surface area (Å²) in [5.41, 5.74) is 0.458. The molecule has 1 heterocycles. The van der Waals surface area contributed by atoms with Crippen LogP contribution in [-0.4, -0.2) is 48.5 Å². The van der Waals surface area contributed by atoms with Gasteiger partial charge in [0.25, 0.3) is 11.8 Å². The van der Waals surface area contributed by atoms with Crippen molar-refractivity contribution in [1.82, 2.24) is 4.90 Å². The number of likely N-dealkylation sites (N-methyl/N-ethyl adjacent to an activating group) is 1. The molecule has 0 radical (unpaired) electrons. The summed E-state index contributed by atoms with van der Waals surface area (Å²) in [6.45, 7) is 1.66. The monoisotopic (exact) mass is 360 g/mol. The van der Waals surface area contributed by atoms with Gasteiger partial charge in [-0.1, -0.05) is 6.92 Å². The van der Waals surface area contributed by atoms with Crippen LogP contribution < -0.4 is 10.1 Å². The number of benzene rings is 1. The van der Waals surface area contributed by atoms with E-state index in [4.69, 9.17) is 14.3 Å². The minimum atomic E-state index is -1.14. The average Bonchev–Trinajstić information content (AvgIpc) is 3.05. The number of hydrogen-bond donors (Lipinski definition) is 2. The largest absolute Gasteiger partial charge is 0.484 e. The molecule has 2 aromatic rings. The SMILES string of the molecule is CCc1oc(C(=O)Nc2ccc(OCC(=O)N(C)C)cc2)cc1C(=O)O. The molecule has 8 heteroatoms. The Bertz CT molecular complexity index is 808. The molecule has 0 saturated heterocycles. The molecular weight excluding hydrogens is 340 g/mol. The van der Waals surface area contributed by atoms with Gasteiger partial charge in [0.05, 0.1) is 0 Å². The van der Waals surface area contributed by atoms with Gasteiger partial charge in [0.15, 0.2) is 12.4 Å². The average molecular weight is 360 g/mol. The van der Waals surface area contributed by atoms with E-state index < -0.39 is 11.9 Å². The summed E-state index contributed by atoms with van der Waals surface area (Å²) >= 11 is 0. The molecule has 2 N–H and O–H groups in total. The number of aryl methyl sites for hydroxylation is 1. The highest BCUT2D eigenvalue weighted by molar-refractivity contribution is 6.04. The minimum Gasteiger partial charge on any atom is -0.484 e. The zero-order valence-corrected chi connectivity index (χ0v) is 14.7. The Kier molecular flexibility index (Phi) is 6.00. The van der Waals surface area contributed by atoms with Crippen LogP contribution in [0.15, 0.2) is 34.7 Å². The summed E-state index contributed by atoms with van der Waals surface area (Å²) in [5, 5.41) is 11.7. The zero-order chi connectivity index (χ0) is 19.3. The molecule has 0 fully saturated rings. The van der Waals surface area contributed by atoms with Crippen molar-refractivity contribution in [2.45, 2.75) is 13.3 Å². The van der Waals surface area contributed by atoms with E-state index in [1.807, 2.05) is 0 Å². The van der Waals surface area contributed by atoms with E-state index in [-0.39, 0.29) is 29.6 Å². The molecule has 0 unspecified atom stereocenters. The van der Waals surface area contributed by atoms with Crippen LogP contribution in [0.5, 0.6) is 5.75 Å². The molecule has 0 saturated carbocycles. The van der Waals surface area contributed by atoms with Crippen LogP contribution in [0.3, 0.4) is 0 Å². The van der Waals surface area contributed by atoms with Gasteiger partial charge in [-0.25, -0.2) is 4.79 Å². The van der Waals surface area contributed by atoms with Gasteiger partial charge in [-0.3, -0.25) is 9.59 Å². The Morgan fingerprint density at radius 3 is 2.35 bits per heavy atom. The topological polar surface area (TPSA) is 109 Å². The maximum atomic E-state index is 12.2. The standard InChI is InChI=1S/C18H20N2O6/c1-4-14-13(18(23)24)9-15(26-14)17(22)19-11-5-7-12(8-6-11)25-10-16(21)20(2)3/h5-9H,4,10H2,1-3H3,(H,19,22)(H,23,24). The van der Waals surface area contributed by atoms with Crippen molar-refractivity contribution in [2.24, 2.45) is 0 Å². The van der Waals surface area contributed by atoms with Crippen LogP contribution in [-0.2, 0) is 11.2 Å². The first kappa shape index (κ1) is 19.0. The highest BCUT2D eigenvalue weighted by Gasteiger charge is 2.20. The number of aromatic carboxylic acids is 1. The number of carboxylic acids is 1. The lowest BCUT2D eigenvalue weighted by Crippen LogP contribution is -2.27. The first-order valence-corrected chi connectivity index (χ1v) is 7.92. The van der Waals surface area contributed by atoms with Crippen LogP contribution in [0.4, 0.5) is 5.69 Å². The lowest BCUT2D eigenvalue weighted by atomic mass is 10.2. The van der Waals surface area contributed by atoms with Gasteiger partial charge in [-0.15, -0.1) is 0 Å². The minimum absolute atomic E-state index is 0.0213. The van der Waals surface area contributed by atoms with Crippen LogP contribution in [0.2, 0.25) is 0 Å². The second-order valence-electron chi connectivity index (χ2n) is 5.66. The second kappa shape index (κ2) is 8.19. The molecule has 0 aliphatic heterocycles. The Balaban J connectivity index is 2.01. The number of carbonyl (C=O) groups excluding carboxylic acids is 2. The number of amides is 2. The smallest absolute Gasteiger partial charge is 0.339 e. The fourth-order valence-corrected chi connectivity index (χ4v) is 2.09. The second-order valence-corrected chi connectivity index (χ2v) is 5.66. The summed E-state index contributed by atoms with van der Waals surface area (Å²) in [7, 11) is 3.28. The number of rotatable bonds is 7. The highest BCUT2D eigenvalue weighted by Crippen LogP contribution is 2.20. The summed E-state index contributed by atoms with van der Waals surface area (Å²) in [4.78, 5) is 36.2. The van der Waals surface area contributed by atoms with Crippen molar-refractivity contribution in [1.29, 1.82) is 0 Å². The number of carbonyl (C=O) groups is 3. The van der Waals surface area contributed by atoms with Crippen molar-refractivity contribution in [3.63, 3.8) is 0 Å². The third-order valence-corrected chi connectivity index (χ3v) is 3.56. The van der Waals surface area contributed by atoms with Crippen molar-refractivity contribution >= 4 is 23.5 Å². The molecule has 1 aromatic carbocycles. The molecule has 8 nitrogen and oxygen atoms in total. The fraction of sp³-hybridized carbons (Fsp3) is 0.278. The zero-order valence-electron chi connectivity index (χ0n) is 14.7. The third-order valence-electron chi connectivity index (χ3n) is 3.56. The normalized spacial score (nSPS) is 10.3. The molecule has 2 amide bonds. The summed E-state index contributed by atoms with van der Waals surface area (Å²) in [6, 6.07) is 7.65. The molecular formula is C18H20N2O6. The van der Waals surface area contributed by atoms with Gasteiger partial charge in [0, 0.05) is 32.3 Å². The summed E-state index contributed by atoms with van der Waals surface area (Å²) in [5.74, 6) is -1.20. The number of hydrogen-bond acceptors (Lipinski definition) is 5. The predicted octanol–water partition coefficient (Wildman–Crippen LogP) is 2.26. The number of furan rings is 1. The van der Waals surface area contributed by atoms with Crippen molar-refractivity contribution in [2.75, 3.05) is 26.0 Å². The lowest BCUT2D eigenvalue weighted by molar-refractivity contribution is -0.130. The number of ether oxygens (including phenoxy) is 1. The quantitative estimate of drug-likeness (QED) is 0.784. The van der Waals surface area contributed by atoms with Crippen LogP contribution in [0.1, 0.15) is 33.6 Å². The third kappa shape index (κ3) is 4.62. The van der Waals surface area contributed by atoms with Crippen LogP contribution >= 0.6 is 0 Å². The molecule has 26 heavy (non-hydrogen) atoms. The fourth-order valence-electron chi connectivity index (χ4n) is 2.09. The van der Waals surface area contributed by atoms with E-state index in [2.05, 4.69) is 5.32 Å². The Morgan fingerprint density at radius 1 is 1.19 bits per heavy atom. The van der Waals surface area contributed by atoms with Crippen molar-refractivity contribution in [3.05, 3.63) is 47.4 Å². The summed E-state index contributed by atoms with van der Waals surface area (Å²) in [6.07, 6.45) is 0.368. The van der Waals surface area contributed by atoms with Crippen LogP contribution in [0.25, 0.3) is 0 Å². The highest BCUT2D eigenvalue weighted by atomic mass is 16.5. The van der Waals surface area contributed by atoms with E-state index in [1.165, 1.54) is 11.0 Å². The maximum Gasteiger partial charge on any atom is 0.339 e. The molecule has 1 aromatic heterocycles. The van der Waals surface area contributed by atoms with Gasteiger partial charge < -0.3 is 24.5 Å². The Labute approximate surface area is 150 Å². The molecule has 0 spiro atoms.